The van der Waals surface area contributed by atoms with E-state index in [-0.39, 0.29) is 12.3 Å². The first kappa shape index (κ1) is 19.9. The third kappa shape index (κ3) is 6.39. The van der Waals surface area contributed by atoms with Crippen LogP contribution in [-0.4, -0.2) is 48.7 Å². The Bertz CT molecular complexity index is 762. The molecule has 6 heteroatoms. The molecule has 2 aromatic carbocycles. The van der Waals surface area contributed by atoms with E-state index in [1.807, 2.05) is 65.9 Å². The normalized spacial score (nSPS) is 14.2. The van der Waals surface area contributed by atoms with Crippen LogP contribution in [-0.2, 0) is 11.2 Å². The van der Waals surface area contributed by atoms with Crippen LogP contribution in [0.5, 0.6) is 5.75 Å². The van der Waals surface area contributed by atoms with Crippen LogP contribution in [0.15, 0.2) is 59.6 Å². The van der Waals surface area contributed by atoms with Crippen molar-refractivity contribution < 1.29 is 14.6 Å². The molecule has 1 heterocycles. The van der Waals surface area contributed by atoms with E-state index in [0.29, 0.717) is 13.0 Å². The van der Waals surface area contributed by atoms with E-state index >= 15 is 0 Å². The third-order valence-corrected chi connectivity index (χ3v) is 4.69. The van der Waals surface area contributed by atoms with Crippen molar-refractivity contribution in [1.29, 1.82) is 0 Å². The van der Waals surface area contributed by atoms with E-state index in [1.165, 1.54) is 0 Å². The highest BCUT2D eigenvalue weighted by Crippen LogP contribution is 2.25. The maximum absolute atomic E-state index is 11.2. The van der Waals surface area contributed by atoms with Crippen LogP contribution >= 0.6 is 0 Å². The Labute approximate surface area is 165 Å². The topological polar surface area (TPSA) is 74.2 Å². The zero-order chi connectivity index (χ0) is 19.6. The van der Waals surface area contributed by atoms with Crippen molar-refractivity contribution >= 4 is 12.3 Å². The second-order valence-corrected chi connectivity index (χ2v) is 6.88. The highest BCUT2D eigenvalue weighted by molar-refractivity contribution is 5.68. The molecule has 6 nitrogen and oxygen atoms in total. The lowest BCUT2D eigenvalue weighted by Crippen LogP contribution is -2.36. The lowest BCUT2D eigenvalue weighted by Gasteiger charge is -2.16. The molecule has 0 radical (unpaired) electrons. The fraction of sp³-hybridized carbons (Fsp3) is 0.364. The molecule has 0 saturated heterocycles. The summed E-state index contributed by atoms with van der Waals surface area (Å²) in [5.41, 5.74) is 5.45. The van der Waals surface area contributed by atoms with Crippen molar-refractivity contribution in [3.63, 3.8) is 0 Å². The average Bonchev–Trinajstić information content (AvgIpc) is 3.22. The zero-order valence-corrected chi connectivity index (χ0v) is 16.0. The second kappa shape index (κ2) is 10.5. The minimum atomic E-state index is -0.775. The van der Waals surface area contributed by atoms with Gasteiger partial charge in [0, 0.05) is 6.54 Å². The maximum atomic E-state index is 11.2. The van der Waals surface area contributed by atoms with E-state index in [1.54, 1.807) is 0 Å². The van der Waals surface area contributed by atoms with E-state index in [4.69, 9.17) is 4.74 Å². The summed E-state index contributed by atoms with van der Waals surface area (Å²) in [5, 5.41) is 11.2. The largest absolute Gasteiger partial charge is 0.494 e. The van der Waals surface area contributed by atoms with Gasteiger partial charge in [0.25, 0.3) is 0 Å². The van der Waals surface area contributed by atoms with Crippen molar-refractivity contribution in [2.45, 2.75) is 25.2 Å². The molecule has 2 N–H and O–H groups in total. The van der Waals surface area contributed by atoms with E-state index in [0.717, 1.165) is 42.9 Å². The standard InChI is InChI=1S/C22H27N3O3/c26-22(27)16-20(19-5-2-1-3-6-19)15-18-7-9-21(10-8-18)28-14-4-11-24-25-13-12-23-17-25/h1-3,5-10,17,20,24H,4,11-16H2,(H,26,27). The Kier molecular flexibility index (Phi) is 7.44. The molecular weight excluding hydrogens is 354 g/mol. The van der Waals surface area contributed by atoms with Gasteiger partial charge in [-0.05, 0) is 42.0 Å². The monoisotopic (exact) mass is 381 g/mol. The lowest BCUT2D eigenvalue weighted by atomic mass is 9.89. The molecular formula is C22H27N3O3. The van der Waals surface area contributed by atoms with E-state index in [2.05, 4.69) is 10.4 Å². The highest BCUT2D eigenvalue weighted by Gasteiger charge is 2.16. The molecule has 0 aromatic heterocycles. The SMILES string of the molecule is O=C(O)CC(Cc1ccc(OCCCNN2C=NCC2)cc1)c1ccccc1. The number of rotatable bonds is 11. The van der Waals surface area contributed by atoms with Crippen molar-refractivity contribution in [3.8, 4) is 5.75 Å². The van der Waals surface area contributed by atoms with Gasteiger partial charge in [0.2, 0.25) is 0 Å². The fourth-order valence-electron chi connectivity index (χ4n) is 3.23. The summed E-state index contributed by atoms with van der Waals surface area (Å²) >= 11 is 0. The maximum Gasteiger partial charge on any atom is 0.303 e. The molecule has 0 amide bonds. The Morgan fingerprint density at radius 2 is 1.96 bits per heavy atom. The van der Waals surface area contributed by atoms with Crippen LogP contribution in [0.4, 0.5) is 0 Å². The molecule has 0 fully saturated rings. The van der Waals surface area contributed by atoms with Crippen LogP contribution in [0, 0.1) is 0 Å². The van der Waals surface area contributed by atoms with Crippen LogP contribution < -0.4 is 10.2 Å². The summed E-state index contributed by atoms with van der Waals surface area (Å²) in [6.07, 6.45) is 3.54. The van der Waals surface area contributed by atoms with Crippen molar-refractivity contribution in [3.05, 3.63) is 65.7 Å². The second-order valence-electron chi connectivity index (χ2n) is 6.88. The number of carbonyl (C=O) groups is 1. The molecule has 28 heavy (non-hydrogen) atoms. The third-order valence-electron chi connectivity index (χ3n) is 4.69. The summed E-state index contributed by atoms with van der Waals surface area (Å²) in [4.78, 5) is 15.4. The zero-order valence-electron chi connectivity index (χ0n) is 16.0. The molecule has 1 atom stereocenters. The number of hydrogen-bond acceptors (Lipinski definition) is 5. The molecule has 0 saturated carbocycles. The average molecular weight is 381 g/mol. The number of benzene rings is 2. The molecule has 2 aromatic rings. The molecule has 1 unspecified atom stereocenters. The van der Waals surface area contributed by atoms with Gasteiger partial charge in [0.15, 0.2) is 0 Å². The van der Waals surface area contributed by atoms with Crippen LogP contribution in [0.25, 0.3) is 0 Å². The van der Waals surface area contributed by atoms with Crippen molar-refractivity contribution in [1.82, 2.24) is 10.4 Å². The van der Waals surface area contributed by atoms with Crippen LogP contribution in [0.2, 0.25) is 0 Å². The van der Waals surface area contributed by atoms with Crippen LogP contribution in [0.3, 0.4) is 0 Å². The summed E-state index contributed by atoms with van der Waals surface area (Å²) in [6.45, 7) is 3.27. The molecule has 0 spiro atoms. The molecule has 1 aliphatic rings. The number of nitrogens with one attached hydrogen (secondary N) is 1. The molecule has 148 valence electrons. The van der Waals surface area contributed by atoms with Gasteiger partial charge in [-0.1, -0.05) is 42.5 Å². The highest BCUT2D eigenvalue weighted by atomic mass is 16.5. The minimum Gasteiger partial charge on any atom is -0.494 e. The Morgan fingerprint density at radius 3 is 2.64 bits per heavy atom. The summed E-state index contributed by atoms with van der Waals surface area (Å²) in [6, 6.07) is 17.8. The first-order chi connectivity index (χ1) is 13.7. The number of hydrogen-bond donors (Lipinski definition) is 2. The summed E-state index contributed by atoms with van der Waals surface area (Å²) in [5.74, 6) is 0.0225. The Hall–Kier alpha value is -2.86. The predicted molar refractivity (Wildman–Crippen MR) is 110 cm³/mol. The summed E-state index contributed by atoms with van der Waals surface area (Å²) in [7, 11) is 0. The number of hydrazine groups is 1. The van der Waals surface area contributed by atoms with Gasteiger partial charge < -0.3 is 9.84 Å². The van der Waals surface area contributed by atoms with Gasteiger partial charge in [0.1, 0.15) is 5.75 Å². The summed E-state index contributed by atoms with van der Waals surface area (Å²) < 4.78 is 5.79. The van der Waals surface area contributed by atoms with Gasteiger partial charge in [0.05, 0.1) is 32.5 Å². The van der Waals surface area contributed by atoms with Gasteiger partial charge in [-0.2, -0.15) is 0 Å². The van der Waals surface area contributed by atoms with Gasteiger partial charge >= 0.3 is 5.97 Å². The number of carboxylic acid groups (broad SMARTS) is 1. The molecule has 0 bridgehead atoms. The van der Waals surface area contributed by atoms with Crippen LogP contribution in [0.1, 0.15) is 29.9 Å². The van der Waals surface area contributed by atoms with Gasteiger partial charge in [-0.15, -0.1) is 0 Å². The van der Waals surface area contributed by atoms with E-state index < -0.39 is 5.97 Å². The number of nitrogens with zero attached hydrogens (tertiary/aromatic N) is 2. The number of carboxylic acids is 1. The number of aliphatic carboxylic acids is 1. The predicted octanol–water partition coefficient (Wildman–Crippen LogP) is 3.11. The smallest absolute Gasteiger partial charge is 0.303 e. The number of ether oxygens (including phenoxy) is 1. The first-order valence-electron chi connectivity index (χ1n) is 9.69. The molecule has 0 aliphatic carbocycles. The quantitative estimate of drug-likeness (QED) is 0.585. The number of aliphatic imine (C=N–C) groups is 1. The minimum absolute atomic E-state index is 0.0364. The van der Waals surface area contributed by atoms with Gasteiger partial charge in [-0.3, -0.25) is 14.8 Å². The fourth-order valence-corrected chi connectivity index (χ4v) is 3.23. The lowest BCUT2D eigenvalue weighted by molar-refractivity contribution is -0.137. The first-order valence-corrected chi connectivity index (χ1v) is 9.69. The van der Waals surface area contributed by atoms with E-state index in [9.17, 15) is 9.90 Å². The van der Waals surface area contributed by atoms with Crippen molar-refractivity contribution in [2.24, 2.45) is 4.99 Å². The Morgan fingerprint density at radius 1 is 1.18 bits per heavy atom. The Balaban J connectivity index is 1.45. The van der Waals surface area contributed by atoms with Crippen molar-refractivity contribution in [2.75, 3.05) is 26.2 Å². The molecule has 1 aliphatic heterocycles. The van der Waals surface area contributed by atoms with Gasteiger partial charge in [-0.25, -0.2) is 5.43 Å². The molecule has 3 rings (SSSR count).